The van der Waals surface area contributed by atoms with Gasteiger partial charge in [-0.3, -0.25) is 0 Å². The van der Waals surface area contributed by atoms with Crippen LogP contribution in [0.3, 0.4) is 0 Å². The number of alkyl halides is 1. The van der Waals surface area contributed by atoms with Gasteiger partial charge < -0.3 is 9.30 Å². The van der Waals surface area contributed by atoms with Gasteiger partial charge in [0, 0.05) is 6.04 Å². The number of ether oxygens (including phenoxy) is 1. The van der Waals surface area contributed by atoms with Gasteiger partial charge in [0.1, 0.15) is 11.6 Å². The Balaban J connectivity index is 1.98. The van der Waals surface area contributed by atoms with Gasteiger partial charge in [-0.1, -0.05) is 22.9 Å². The fourth-order valence-electron chi connectivity index (χ4n) is 3.10. The van der Waals surface area contributed by atoms with E-state index in [4.69, 9.17) is 4.74 Å². The van der Waals surface area contributed by atoms with E-state index in [-0.39, 0.29) is 6.10 Å². The summed E-state index contributed by atoms with van der Waals surface area (Å²) in [6, 6.07) is 0.623. The third kappa shape index (κ3) is 1.92. The van der Waals surface area contributed by atoms with Gasteiger partial charge in [0.15, 0.2) is 0 Å². The van der Waals surface area contributed by atoms with Crippen LogP contribution in [0.5, 0.6) is 0 Å². The lowest BCUT2D eigenvalue weighted by molar-refractivity contribution is 0.0551. The van der Waals surface area contributed by atoms with Crippen LogP contribution < -0.4 is 0 Å². The highest BCUT2D eigenvalue weighted by atomic mass is 79.9. The molecule has 1 aliphatic carbocycles. The number of aromatic nitrogens is 3. The Morgan fingerprint density at radius 3 is 2.44 bits per heavy atom. The van der Waals surface area contributed by atoms with Crippen molar-refractivity contribution in [2.45, 2.75) is 63.1 Å². The molecular weight excluding hydrogens is 294 g/mol. The first-order valence-corrected chi connectivity index (χ1v) is 7.90. The summed E-state index contributed by atoms with van der Waals surface area (Å²) in [5.41, 5.74) is 0. The second-order valence-corrected chi connectivity index (χ2v) is 6.20. The Hall–Kier alpha value is -0.420. The van der Waals surface area contributed by atoms with Gasteiger partial charge in [0.05, 0.1) is 23.5 Å². The van der Waals surface area contributed by atoms with Crippen LogP contribution in [0.4, 0.5) is 0 Å². The summed E-state index contributed by atoms with van der Waals surface area (Å²) in [5, 5.41) is 9.59. The Kier molecular flexibility index (Phi) is 3.22. The molecule has 1 aromatic heterocycles. The largest absolute Gasteiger partial charge is 0.374 e. The third-order valence-electron chi connectivity index (χ3n) is 4.36. The van der Waals surface area contributed by atoms with Crippen LogP contribution in [-0.4, -0.2) is 27.0 Å². The van der Waals surface area contributed by atoms with Crippen molar-refractivity contribution in [2.24, 2.45) is 5.92 Å². The molecule has 0 bridgehead atoms. The summed E-state index contributed by atoms with van der Waals surface area (Å²) in [4.78, 5) is 0. The topological polar surface area (TPSA) is 39.9 Å². The van der Waals surface area contributed by atoms with Crippen molar-refractivity contribution in [3.8, 4) is 0 Å². The van der Waals surface area contributed by atoms with Crippen molar-refractivity contribution < 1.29 is 4.74 Å². The average molecular weight is 314 g/mol. The van der Waals surface area contributed by atoms with Crippen LogP contribution in [0.25, 0.3) is 0 Å². The van der Waals surface area contributed by atoms with E-state index in [0.717, 1.165) is 17.0 Å². The first-order chi connectivity index (χ1) is 8.63. The highest BCUT2D eigenvalue weighted by Crippen LogP contribution is 2.44. The molecule has 100 valence electrons. The normalized spacial score (nSPS) is 36.2. The number of rotatable bonds is 3. The molecule has 0 spiro atoms. The Morgan fingerprint density at radius 2 is 1.94 bits per heavy atom. The molecule has 0 radical (unpaired) electrons. The lowest BCUT2D eigenvalue weighted by Gasteiger charge is -2.19. The Bertz CT molecular complexity index is 443. The molecule has 1 aromatic rings. The SMILES string of the molecule is CC1OC(C)C(c2nnc(CBr)n2C2CC2)C1C. The zero-order valence-electron chi connectivity index (χ0n) is 11.1. The molecule has 2 heterocycles. The van der Waals surface area contributed by atoms with Gasteiger partial charge in [-0.05, 0) is 32.6 Å². The number of halogens is 1. The van der Waals surface area contributed by atoms with E-state index in [1.165, 1.54) is 12.8 Å². The number of hydrogen-bond donors (Lipinski definition) is 0. The summed E-state index contributed by atoms with van der Waals surface area (Å²) in [6.45, 7) is 6.58. The highest BCUT2D eigenvalue weighted by molar-refractivity contribution is 9.08. The van der Waals surface area contributed by atoms with E-state index in [0.29, 0.717) is 24.0 Å². The second-order valence-electron chi connectivity index (χ2n) is 5.64. The average Bonchev–Trinajstić information content (AvgIpc) is 3.04. The van der Waals surface area contributed by atoms with E-state index >= 15 is 0 Å². The first-order valence-electron chi connectivity index (χ1n) is 6.78. The van der Waals surface area contributed by atoms with Crippen LogP contribution in [-0.2, 0) is 10.1 Å². The Morgan fingerprint density at radius 1 is 1.22 bits per heavy atom. The lowest BCUT2D eigenvalue weighted by atomic mass is 9.89. The van der Waals surface area contributed by atoms with Crippen molar-refractivity contribution in [2.75, 3.05) is 0 Å². The van der Waals surface area contributed by atoms with E-state index in [1.807, 2.05) is 0 Å². The zero-order valence-corrected chi connectivity index (χ0v) is 12.7. The lowest BCUT2D eigenvalue weighted by Crippen LogP contribution is -2.20. The molecule has 4 unspecified atom stereocenters. The van der Waals surface area contributed by atoms with E-state index in [1.54, 1.807) is 0 Å². The number of hydrogen-bond acceptors (Lipinski definition) is 3. The molecule has 18 heavy (non-hydrogen) atoms. The van der Waals surface area contributed by atoms with Crippen molar-refractivity contribution in [3.05, 3.63) is 11.6 Å². The van der Waals surface area contributed by atoms with Gasteiger partial charge in [-0.15, -0.1) is 10.2 Å². The summed E-state index contributed by atoms with van der Waals surface area (Å²) >= 11 is 3.51. The summed E-state index contributed by atoms with van der Waals surface area (Å²) < 4.78 is 8.30. The van der Waals surface area contributed by atoms with Gasteiger partial charge in [-0.2, -0.15) is 0 Å². The predicted octanol–water partition coefficient (Wildman–Crippen LogP) is 3.03. The fraction of sp³-hybridized carbons (Fsp3) is 0.846. The fourth-order valence-corrected chi connectivity index (χ4v) is 3.48. The molecule has 1 aliphatic heterocycles. The van der Waals surface area contributed by atoms with Crippen LogP contribution in [0, 0.1) is 5.92 Å². The molecular formula is C13H20BrN3O. The molecule has 3 rings (SSSR count). The molecule has 2 aliphatic rings. The van der Waals surface area contributed by atoms with Crippen molar-refractivity contribution in [1.29, 1.82) is 0 Å². The minimum Gasteiger partial charge on any atom is -0.374 e. The molecule has 0 aromatic carbocycles. The van der Waals surface area contributed by atoms with E-state index < -0.39 is 0 Å². The van der Waals surface area contributed by atoms with Crippen LogP contribution >= 0.6 is 15.9 Å². The molecule has 4 atom stereocenters. The molecule has 4 nitrogen and oxygen atoms in total. The molecule has 0 amide bonds. The summed E-state index contributed by atoms with van der Waals surface area (Å²) in [7, 11) is 0. The van der Waals surface area contributed by atoms with Crippen LogP contribution in [0.15, 0.2) is 0 Å². The maximum atomic E-state index is 5.95. The number of nitrogens with zero attached hydrogens (tertiary/aromatic N) is 3. The van der Waals surface area contributed by atoms with Crippen LogP contribution in [0.1, 0.15) is 57.2 Å². The van der Waals surface area contributed by atoms with Gasteiger partial charge in [0.2, 0.25) is 0 Å². The zero-order chi connectivity index (χ0) is 12.9. The molecule has 5 heteroatoms. The summed E-state index contributed by atoms with van der Waals surface area (Å²) in [5.74, 6) is 3.08. The third-order valence-corrected chi connectivity index (χ3v) is 4.87. The Labute approximate surface area is 116 Å². The first kappa shape index (κ1) is 12.6. The summed E-state index contributed by atoms with van der Waals surface area (Å²) in [6.07, 6.45) is 3.06. The van der Waals surface area contributed by atoms with Gasteiger partial charge >= 0.3 is 0 Å². The van der Waals surface area contributed by atoms with Crippen molar-refractivity contribution in [3.63, 3.8) is 0 Å². The quantitative estimate of drug-likeness (QED) is 0.805. The van der Waals surface area contributed by atoms with Gasteiger partial charge in [-0.25, -0.2) is 0 Å². The predicted molar refractivity (Wildman–Crippen MR) is 72.8 cm³/mol. The molecule has 1 saturated carbocycles. The molecule has 1 saturated heterocycles. The maximum Gasteiger partial charge on any atom is 0.143 e. The minimum absolute atomic E-state index is 0.236. The molecule has 2 fully saturated rings. The van der Waals surface area contributed by atoms with Crippen molar-refractivity contribution >= 4 is 15.9 Å². The van der Waals surface area contributed by atoms with Gasteiger partial charge in [0.25, 0.3) is 0 Å². The van der Waals surface area contributed by atoms with Crippen molar-refractivity contribution in [1.82, 2.24) is 14.8 Å². The minimum atomic E-state index is 0.236. The van der Waals surface area contributed by atoms with E-state index in [2.05, 4.69) is 51.5 Å². The van der Waals surface area contributed by atoms with Crippen LogP contribution in [0.2, 0.25) is 0 Å². The standard InChI is InChI=1S/C13H20BrN3O/c1-7-8(2)18-9(3)12(7)13-16-15-11(6-14)17(13)10-4-5-10/h7-10,12H,4-6H2,1-3H3. The second kappa shape index (κ2) is 4.60. The highest BCUT2D eigenvalue weighted by Gasteiger charge is 2.43. The van der Waals surface area contributed by atoms with E-state index in [9.17, 15) is 0 Å². The maximum absolute atomic E-state index is 5.95. The smallest absolute Gasteiger partial charge is 0.143 e. The molecule has 0 N–H and O–H groups in total. The monoisotopic (exact) mass is 313 g/mol.